The number of carbonyl (C=O) groups is 1. The van der Waals surface area contributed by atoms with Gasteiger partial charge >= 0.3 is 5.97 Å². The number of carboxylic acids is 1. The molecule has 1 rings (SSSR count). The van der Waals surface area contributed by atoms with Crippen LogP contribution in [0.2, 0.25) is 0 Å². The lowest BCUT2D eigenvalue weighted by Gasteiger charge is -2.11. The van der Waals surface area contributed by atoms with Gasteiger partial charge in [0.15, 0.2) is 0 Å². The largest absolute Gasteiger partial charge is 0.480 e. The Bertz CT molecular complexity index is 505. The van der Waals surface area contributed by atoms with Crippen molar-refractivity contribution in [2.75, 3.05) is 7.05 Å². The van der Waals surface area contributed by atoms with Crippen LogP contribution in [0.5, 0.6) is 0 Å². The van der Waals surface area contributed by atoms with E-state index in [4.69, 9.17) is 9.94 Å². The van der Waals surface area contributed by atoms with Crippen molar-refractivity contribution >= 4 is 11.7 Å². The number of oxime groups is 1. The predicted octanol–water partition coefficient (Wildman–Crippen LogP) is 3.71. The maximum Gasteiger partial charge on any atom is 0.321 e. The summed E-state index contributed by atoms with van der Waals surface area (Å²) in [6.45, 7) is 12.2. The average Bonchev–Trinajstić information content (AvgIpc) is 2.50. The molecular formula is C19H32N2O3. The fourth-order valence-corrected chi connectivity index (χ4v) is 1.67. The van der Waals surface area contributed by atoms with E-state index < -0.39 is 12.0 Å². The average molecular weight is 336 g/mol. The first-order valence-corrected chi connectivity index (χ1v) is 8.37. The molecule has 5 nitrogen and oxygen atoms in total. The van der Waals surface area contributed by atoms with Gasteiger partial charge in [-0.15, -0.1) is 0 Å². The van der Waals surface area contributed by atoms with Gasteiger partial charge in [-0.2, -0.15) is 0 Å². The van der Waals surface area contributed by atoms with Crippen molar-refractivity contribution in [2.45, 2.75) is 60.1 Å². The molecule has 136 valence electrons. The van der Waals surface area contributed by atoms with Gasteiger partial charge < -0.3 is 15.3 Å². The minimum absolute atomic E-state index is 0.0520. The molecule has 0 aliphatic heterocycles. The summed E-state index contributed by atoms with van der Waals surface area (Å²) in [6.07, 6.45) is 0.501. The molecule has 0 saturated heterocycles. The van der Waals surface area contributed by atoms with Gasteiger partial charge in [0.1, 0.15) is 12.1 Å². The lowest BCUT2D eigenvalue weighted by atomic mass is 10.0. The normalized spacial score (nSPS) is 12.6. The molecule has 2 N–H and O–H groups in total. The van der Waals surface area contributed by atoms with E-state index in [1.165, 1.54) is 0 Å². The van der Waals surface area contributed by atoms with Crippen LogP contribution < -0.4 is 5.32 Å². The molecule has 1 aromatic rings. The van der Waals surface area contributed by atoms with Crippen molar-refractivity contribution in [3.63, 3.8) is 0 Å². The molecule has 1 unspecified atom stereocenters. The van der Waals surface area contributed by atoms with Crippen molar-refractivity contribution in [1.29, 1.82) is 0 Å². The summed E-state index contributed by atoms with van der Waals surface area (Å²) >= 11 is 0. The Balaban J connectivity index is 0.00000118. The van der Waals surface area contributed by atoms with Crippen LogP contribution in [0, 0.1) is 5.92 Å². The second-order valence-corrected chi connectivity index (χ2v) is 6.64. The van der Waals surface area contributed by atoms with Crippen LogP contribution in [0.3, 0.4) is 0 Å². The van der Waals surface area contributed by atoms with Crippen molar-refractivity contribution in [1.82, 2.24) is 5.32 Å². The lowest BCUT2D eigenvalue weighted by molar-refractivity contribution is -0.139. The molecule has 0 saturated carbocycles. The zero-order chi connectivity index (χ0) is 18.7. The quantitative estimate of drug-likeness (QED) is 0.588. The van der Waals surface area contributed by atoms with E-state index in [2.05, 4.69) is 31.2 Å². The van der Waals surface area contributed by atoms with Gasteiger partial charge in [0.25, 0.3) is 0 Å². The van der Waals surface area contributed by atoms with Crippen molar-refractivity contribution in [3.05, 3.63) is 35.4 Å². The Labute approximate surface area is 146 Å². The molecule has 0 fully saturated rings. The van der Waals surface area contributed by atoms with Crippen molar-refractivity contribution in [3.8, 4) is 0 Å². The van der Waals surface area contributed by atoms with E-state index in [1.807, 2.05) is 45.0 Å². The van der Waals surface area contributed by atoms with E-state index in [0.717, 1.165) is 22.8 Å². The minimum Gasteiger partial charge on any atom is -0.480 e. The van der Waals surface area contributed by atoms with Crippen molar-refractivity contribution in [2.24, 2.45) is 11.1 Å². The van der Waals surface area contributed by atoms with Gasteiger partial charge in [0.05, 0.1) is 5.71 Å². The highest BCUT2D eigenvalue weighted by Gasteiger charge is 2.15. The third-order valence-corrected chi connectivity index (χ3v) is 2.86. The molecule has 1 atom stereocenters. The molecule has 5 heteroatoms. The number of nitrogens with one attached hydrogen (secondary N) is 1. The summed E-state index contributed by atoms with van der Waals surface area (Å²) in [5.74, 6) is -0.0142. The Kier molecular flexibility index (Phi) is 10.7. The summed E-state index contributed by atoms with van der Waals surface area (Å²) in [6, 6.07) is 7.10. The Hall–Kier alpha value is -1.88. The third kappa shape index (κ3) is 10.0. The number of likely N-dealkylation sites (N-methyl/N-ethyl adjacent to an activating group) is 1. The number of nitrogens with zero attached hydrogens (tertiary/aromatic N) is 1. The Morgan fingerprint density at radius 3 is 2.04 bits per heavy atom. The second-order valence-electron chi connectivity index (χ2n) is 6.64. The van der Waals surface area contributed by atoms with Gasteiger partial charge in [-0.3, -0.25) is 4.79 Å². The van der Waals surface area contributed by atoms with Gasteiger partial charge in [-0.1, -0.05) is 50.2 Å². The first-order valence-electron chi connectivity index (χ1n) is 8.37. The van der Waals surface area contributed by atoms with E-state index in [1.54, 1.807) is 7.05 Å². The predicted molar refractivity (Wildman–Crippen MR) is 99.6 cm³/mol. The van der Waals surface area contributed by atoms with Crippen LogP contribution in [0.1, 0.15) is 52.7 Å². The molecule has 0 aliphatic carbocycles. The molecule has 0 spiro atoms. The van der Waals surface area contributed by atoms with Crippen LogP contribution in [-0.2, 0) is 16.1 Å². The maximum absolute atomic E-state index is 11.0. The number of aliphatic carboxylic acids is 1. The molecule has 0 aromatic heterocycles. The summed E-state index contributed by atoms with van der Waals surface area (Å²) in [7, 11) is 1.65. The monoisotopic (exact) mass is 336 g/mol. The number of carboxylic acid groups (broad SMARTS) is 1. The fourth-order valence-electron chi connectivity index (χ4n) is 1.67. The Morgan fingerprint density at radius 2 is 1.67 bits per heavy atom. The highest BCUT2D eigenvalue weighted by molar-refractivity contribution is 5.98. The van der Waals surface area contributed by atoms with Gasteiger partial charge in [-0.05, 0) is 51.3 Å². The summed E-state index contributed by atoms with van der Waals surface area (Å²) in [4.78, 5) is 16.2. The summed E-state index contributed by atoms with van der Waals surface area (Å²) < 4.78 is 0. The van der Waals surface area contributed by atoms with Crippen LogP contribution in [0.4, 0.5) is 0 Å². The first-order chi connectivity index (χ1) is 11.2. The number of benzene rings is 1. The number of rotatable bonds is 7. The van der Waals surface area contributed by atoms with Crippen LogP contribution in [-0.4, -0.2) is 36.0 Å². The van der Waals surface area contributed by atoms with Crippen LogP contribution >= 0.6 is 0 Å². The minimum atomic E-state index is -0.848. The number of hydrogen-bond acceptors (Lipinski definition) is 4. The fraction of sp³-hybridized carbons (Fsp3) is 0.579. The molecular weight excluding hydrogens is 304 g/mol. The molecule has 0 radical (unpaired) electrons. The van der Waals surface area contributed by atoms with E-state index in [-0.39, 0.29) is 6.10 Å². The lowest BCUT2D eigenvalue weighted by Crippen LogP contribution is -2.35. The number of hydrogen-bond donors (Lipinski definition) is 2. The van der Waals surface area contributed by atoms with Gasteiger partial charge in [-0.25, -0.2) is 0 Å². The molecule has 0 amide bonds. The van der Waals surface area contributed by atoms with Gasteiger partial charge in [0, 0.05) is 0 Å². The SMILES string of the molecule is CC(C)C.CNC(Cc1ccc(/C(C)=N\OC(C)C)cc1)C(=O)O. The molecule has 1 aromatic carbocycles. The van der Waals surface area contributed by atoms with Gasteiger partial charge in [0.2, 0.25) is 0 Å². The second kappa shape index (κ2) is 11.6. The smallest absolute Gasteiger partial charge is 0.321 e. The molecule has 0 aliphatic rings. The summed E-state index contributed by atoms with van der Waals surface area (Å²) in [5, 5.41) is 15.8. The first kappa shape index (κ1) is 22.1. The zero-order valence-electron chi connectivity index (χ0n) is 16.0. The Morgan fingerprint density at radius 1 is 1.17 bits per heavy atom. The molecule has 24 heavy (non-hydrogen) atoms. The summed E-state index contributed by atoms with van der Waals surface area (Å²) in [5.41, 5.74) is 2.73. The highest BCUT2D eigenvalue weighted by atomic mass is 16.6. The zero-order valence-corrected chi connectivity index (χ0v) is 16.0. The van der Waals surface area contributed by atoms with Crippen molar-refractivity contribution < 1.29 is 14.7 Å². The van der Waals surface area contributed by atoms with E-state index in [0.29, 0.717) is 6.42 Å². The van der Waals surface area contributed by atoms with Crippen LogP contribution in [0.15, 0.2) is 29.4 Å². The third-order valence-electron chi connectivity index (χ3n) is 2.86. The molecule has 0 heterocycles. The molecule has 0 bridgehead atoms. The van der Waals surface area contributed by atoms with E-state index in [9.17, 15) is 4.79 Å². The van der Waals surface area contributed by atoms with E-state index >= 15 is 0 Å². The van der Waals surface area contributed by atoms with Crippen LogP contribution in [0.25, 0.3) is 0 Å². The highest BCUT2D eigenvalue weighted by Crippen LogP contribution is 2.09. The standard InChI is InChI=1S/C15H22N2O3.C4H10/c1-10(2)20-17-11(3)13-7-5-12(6-8-13)9-14(16-4)15(18)19;1-4(2)3/h5-8,10,14,16H,9H2,1-4H3,(H,18,19);4H,1-3H3/b17-11-;. The topological polar surface area (TPSA) is 70.9 Å². The maximum atomic E-state index is 11.0.